The molecule has 1 aliphatic heterocycles. The van der Waals surface area contributed by atoms with Gasteiger partial charge in [-0.15, -0.1) is 5.10 Å². The number of anilines is 1. The van der Waals surface area contributed by atoms with Gasteiger partial charge in [-0.25, -0.2) is 0 Å². The summed E-state index contributed by atoms with van der Waals surface area (Å²) in [6, 6.07) is 0. The quantitative estimate of drug-likeness (QED) is 0.727. The van der Waals surface area contributed by atoms with E-state index in [2.05, 4.69) is 41.3 Å². The van der Waals surface area contributed by atoms with Gasteiger partial charge < -0.3 is 4.90 Å². The number of tetrazole rings is 1. The van der Waals surface area contributed by atoms with Crippen LogP contribution in [0.5, 0.6) is 0 Å². The Morgan fingerprint density at radius 2 is 2.06 bits per heavy atom. The number of alkyl halides is 1. The number of fused-ring (bicyclic) bond motifs is 1. The lowest BCUT2D eigenvalue weighted by Gasteiger charge is -2.30. The first-order valence-electron chi connectivity index (χ1n) is 5.26. The molecule has 1 fully saturated rings. The van der Waals surface area contributed by atoms with Gasteiger partial charge in [0.05, 0.1) is 12.4 Å². The van der Waals surface area contributed by atoms with Crippen molar-refractivity contribution < 1.29 is 0 Å². The van der Waals surface area contributed by atoms with E-state index in [1.165, 1.54) is 0 Å². The molecule has 0 atom stereocenters. The van der Waals surface area contributed by atoms with Crippen LogP contribution in [-0.4, -0.2) is 42.9 Å². The van der Waals surface area contributed by atoms with Crippen LogP contribution in [0.3, 0.4) is 0 Å². The second kappa shape index (κ2) is 3.97. The molecule has 2 aromatic heterocycles. The molecule has 0 saturated carbocycles. The number of nitrogens with zero attached hydrogens (tertiary/aromatic N) is 6. The van der Waals surface area contributed by atoms with E-state index in [-0.39, 0.29) is 0 Å². The zero-order chi connectivity index (χ0) is 11.0. The number of hydrogen-bond acceptors (Lipinski definition) is 5. The third-order valence-corrected chi connectivity index (χ3v) is 3.75. The van der Waals surface area contributed by atoms with Crippen LogP contribution in [-0.2, 0) is 0 Å². The summed E-state index contributed by atoms with van der Waals surface area (Å²) in [4.78, 5) is 7.06. The van der Waals surface area contributed by atoms with Gasteiger partial charge in [0, 0.05) is 17.9 Å². The van der Waals surface area contributed by atoms with Crippen molar-refractivity contribution in [3.05, 3.63) is 12.4 Å². The molecule has 0 unspecified atom stereocenters. The second-order valence-electron chi connectivity index (χ2n) is 3.88. The Morgan fingerprint density at radius 1 is 1.25 bits per heavy atom. The summed E-state index contributed by atoms with van der Waals surface area (Å²) in [6.07, 6.45) is 5.76. The van der Waals surface area contributed by atoms with E-state index in [9.17, 15) is 0 Å². The average molecular weight is 283 g/mol. The smallest absolute Gasteiger partial charge is 0.199 e. The molecule has 16 heavy (non-hydrogen) atoms. The fourth-order valence-corrected chi connectivity index (χ4v) is 2.37. The van der Waals surface area contributed by atoms with E-state index in [4.69, 9.17) is 0 Å². The van der Waals surface area contributed by atoms with Crippen molar-refractivity contribution in [1.82, 2.24) is 25.0 Å². The van der Waals surface area contributed by atoms with Gasteiger partial charge in [-0.05, 0) is 23.3 Å². The molecule has 0 amide bonds. The number of rotatable bonds is 1. The van der Waals surface area contributed by atoms with E-state index >= 15 is 0 Å². The lowest BCUT2D eigenvalue weighted by Crippen LogP contribution is -2.35. The van der Waals surface area contributed by atoms with Crippen LogP contribution < -0.4 is 4.90 Å². The van der Waals surface area contributed by atoms with Crippen molar-refractivity contribution in [2.24, 2.45) is 0 Å². The van der Waals surface area contributed by atoms with Crippen LogP contribution in [0.2, 0.25) is 0 Å². The molecule has 0 bridgehead atoms. The summed E-state index contributed by atoms with van der Waals surface area (Å²) in [5.41, 5.74) is 0.693. The summed E-state index contributed by atoms with van der Waals surface area (Å²) < 4.78 is 1.74. The van der Waals surface area contributed by atoms with Crippen molar-refractivity contribution in [2.45, 2.75) is 17.7 Å². The molecule has 84 valence electrons. The summed E-state index contributed by atoms with van der Waals surface area (Å²) >= 11 is 3.64. The number of halogens is 1. The minimum atomic E-state index is 0.629. The third kappa shape index (κ3) is 1.64. The Bertz CT molecular complexity index is 489. The van der Waals surface area contributed by atoms with Crippen molar-refractivity contribution >= 4 is 27.4 Å². The van der Waals surface area contributed by atoms with E-state index in [1.807, 2.05) is 6.20 Å². The standard InChI is InChI=1S/C9H11BrN6/c10-7-1-3-15(4-2-7)9-6-11-5-8-12-13-14-16(8)9/h5-7H,1-4H2. The SMILES string of the molecule is BrC1CCN(c2cncc3nnnn23)CC1. The molecule has 3 heterocycles. The minimum absolute atomic E-state index is 0.629. The summed E-state index contributed by atoms with van der Waals surface area (Å²) in [5.74, 6) is 0.974. The molecule has 3 rings (SSSR count). The predicted molar refractivity (Wildman–Crippen MR) is 62.7 cm³/mol. The van der Waals surface area contributed by atoms with Crippen LogP contribution in [0.15, 0.2) is 12.4 Å². The van der Waals surface area contributed by atoms with Crippen LogP contribution in [0.1, 0.15) is 12.8 Å². The minimum Gasteiger partial charge on any atom is -0.355 e. The topological polar surface area (TPSA) is 59.2 Å². The first-order valence-corrected chi connectivity index (χ1v) is 6.17. The molecule has 7 heteroatoms. The van der Waals surface area contributed by atoms with Crippen molar-refractivity contribution in [3.63, 3.8) is 0 Å². The fraction of sp³-hybridized carbons (Fsp3) is 0.556. The molecule has 0 aliphatic carbocycles. The maximum Gasteiger partial charge on any atom is 0.199 e. The van der Waals surface area contributed by atoms with Gasteiger partial charge >= 0.3 is 0 Å². The maximum absolute atomic E-state index is 4.16. The highest BCUT2D eigenvalue weighted by molar-refractivity contribution is 9.09. The Balaban J connectivity index is 1.96. The van der Waals surface area contributed by atoms with Crippen LogP contribution in [0.4, 0.5) is 5.82 Å². The van der Waals surface area contributed by atoms with Crippen LogP contribution in [0.25, 0.3) is 5.65 Å². The molecule has 1 saturated heterocycles. The van der Waals surface area contributed by atoms with Crippen LogP contribution in [0, 0.1) is 0 Å². The lowest BCUT2D eigenvalue weighted by molar-refractivity contribution is 0.584. The number of piperidine rings is 1. The molecular weight excluding hydrogens is 272 g/mol. The monoisotopic (exact) mass is 282 g/mol. The fourth-order valence-electron chi connectivity index (χ4n) is 1.96. The van der Waals surface area contributed by atoms with E-state index in [1.54, 1.807) is 10.7 Å². The highest BCUT2D eigenvalue weighted by Gasteiger charge is 2.19. The lowest BCUT2D eigenvalue weighted by atomic mass is 10.1. The third-order valence-electron chi connectivity index (χ3n) is 2.84. The van der Waals surface area contributed by atoms with Crippen molar-refractivity contribution in [1.29, 1.82) is 0 Å². The van der Waals surface area contributed by atoms with E-state index < -0.39 is 0 Å². The molecule has 0 spiro atoms. The summed E-state index contributed by atoms with van der Waals surface area (Å²) in [6.45, 7) is 2.02. The summed E-state index contributed by atoms with van der Waals surface area (Å²) in [5, 5.41) is 11.5. The summed E-state index contributed by atoms with van der Waals surface area (Å²) in [7, 11) is 0. The van der Waals surface area contributed by atoms with Gasteiger partial charge in [-0.2, -0.15) is 4.52 Å². The number of hydrogen-bond donors (Lipinski definition) is 0. The zero-order valence-corrected chi connectivity index (χ0v) is 10.2. The predicted octanol–water partition coefficient (Wildman–Crippen LogP) is 0.883. The van der Waals surface area contributed by atoms with Crippen molar-refractivity contribution in [2.75, 3.05) is 18.0 Å². The highest BCUT2D eigenvalue weighted by atomic mass is 79.9. The maximum atomic E-state index is 4.16. The number of aromatic nitrogens is 5. The first-order chi connectivity index (χ1) is 7.84. The van der Waals surface area contributed by atoms with Crippen LogP contribution >= 0.6 is 15.9 Å². The average Bonchev–Trinajstić information content (AvgIpc) is 2.78. The largest absolute Gasteiger partial charge is 0.355 e. The molecule has 2 aromatic rings. The highest BCUT2D eigenvalue weighted by Crippen LogP contribution is 2.22. The Hall–Kier alpha value is -1.24. The molecule has 1 aliphatic rings. The van der Waals surface area contributed by atoms with Gasteiger partial charge in [-0.1, -0.05) is 15.9 Å². The zero-order valence-electron chi connectivity index (χ0n) is 8.62. The normalized spacial score (nSPS) is 18.2. The van der Waals surface area contributed by atoms with Gasteiger partial charge in [0.25, 0.3) is 0 Å². The van der Waals surface area contributed by atoms with E-state index in [0.717, 1.165) is 31.7 Å². The Labute approximate surface area is 101 Å². The molecule has 0 radical (unpaired) electrons. The first kappa shape index (κ1) is 9.95. The van der Waals surface area contributed by atoms with Gasteiger partial charge in [-0.3, -0.25) is 4.98 Å². The second-order valence-corrected chi connectivity index (χ2v) is 5.17. The molecule has 0 aromatic carbocycles. The van der Waals surface area contributed by atoms with Gasteiger partial charge in [0.15, 0.2) is 11.5 Å². The molecular formula is C9H11BrN6. The Morgan fingerprint density at radius 3 is 2.88 bits per heavy atom. The Kier molecular flexibility index (Phi) is 2.47. The molecule has 6 nitrogen and oxygen atoms in total. The van der Waals surface area contributed by atoms with Gasteiger partial charge in [0.2, 0.25) is 0 Å². The van der Waals surface area contributed by atoms with Crippen molar-refractivity contribution in [3.8, 4) is 0 Å². The molecule has 0 N–H and O–H groups in total. The van der Waals surface area contributed by atoms with E-state index in [0.29, 0.717) is 10.5 Å². The van der Waals surface area contributed by atoms with Gasteiger partial charge in [0.1, 0.15) is 0 Å².